The fraction of sp³-hybridized carbons (Fsp3) is 0.630. The van der Waals surface area contributed by atoms with Gasteiger partial charge in [-0.15, -0.1) is 6.42 Å². The minimum absolute atomic E-state index is 0.139. The summed E-state index contributed by atoms with van der Waals surface area (Å²) < 4.78 is 0. The van der Waals surface area contributed by atoms with Crippen molar-refractivity contribution >= 4 is 11.7 Å². The molecule has 0 spiro atoms. The van der Waals surface area contributed by atoms with Crippen LogP contribution in [0.1, 0.15) is 101 Å². The largest absolute Gasteiger partial charge is 0.481 e. The number of rotatable bonds is 7. The zero-order valence-corrected chi connectivity index (χ0v) is 19.8. The summed E-state index contributed by atoms with van der Waals surface area (Å²) in [4.78, 5) is 17.7. The van der Waals surface area contributed by atoms with Crippen molar-refractivity contribution in [1.29, 1.82) is 0 Å². The third-order valence-corrected chi connectivity index (χ3v) is 7.75. The van der Waals surface area contributed by atoms with Gasteiger partial charge in [0.15, 0.2) is 6.61 Å². The third-order valence-electron chi connectivity index (χ3n) is 7.75. The Kier molecular flexibility index (Phi) is 6.84. The molecule has 0 unspecified atom stereocenters. The van der Waals surface area contributed by atoms with E-state index in [0.29, 0.717) is 5.92 Å². The van der Waals surface area contributed by atoms with Crippen LogP contribution in [0.3, 0.4) is 0 Å². The summed E-state index contributed by atoms with van der Waals surface area (Å²) in [5.41, 5.74) is 5.24. The number of aryl methyl sites for hydroxylation is 1. The summed E-state index contributed by atoms with van der Waals surface area (Å²) in [7, 11) is 0. The normalized spacial score (nSPS) is 27.9. The molecule has 0 saturated heterocycles. The van der Waals surface area contributed by atoms with Crippen molar-refractivity contribution in [3.8, 4) is 12.3 Å². The van der Waals surface area contributed by atoms with Crippen LogP contribution in [0.4, 0.5) is 0 Å². The molecule has 1 saturated carbocycles. The van der Waals surface area contributed by atoms with Gasteiger partial charge in [-0.05, 0) is 79.0 Å². The smallest absolute Gasteiger partial charge is 0.309 e. The summed E-state index contributed by atoms with van der Waals surface area (Å²) in [5, 5.41) is 14.5. The Labute approximate surface area is 187 Å². The first kappa shape index (κ1) is 23.4. The lowest BCUT2D eigenvalue weighted by atomic mass is 9.49. The summed E-state index contributed by atoms with van der Waals surface area (Å²) >= 11 is 0. The summed E-state index contributed by atoms with van der Waals surface area (Å²) in [6.07, 6.45) is 11.7. The Morgan fingerprint density at radius 3 is 2.71 bits per heavy atom. The SMILES string of the molecule is C#CCON=C(CCC)c1cc2c(cc1C(C)C)CC[C@H]1[C@](C)(C(=O)O)CCC[C@]21C. The number of aliphatic carboxylic acids is 1. The second-order valence-corrected chi connectivity index (χ2v) is 10.1. The molecule has 1 fully saturated rings. The van der Waals surface area contributed by atoms with E-state index < -0.39 is 11.4 Å². The molecular weight excluding hydrogens is 386 g/mol. The summed E-state index contributed by atoms with van der Waals surface area (Å²) in [6.45, 7) is 11.0. The number of carboxylic acids is 1. The van der Waals surface area contributed by atoms with E-state index in [0.717, 1.165) is 56.2 Å². The van der Waals surface area contributed by atoms with E-state index in [1.54, 1.807) is 0 Å². The Morgan fingerprint density at radius 1 is 1.35 bits per heavy atom. The number of terminal acetylenes is 1. The van der Waals surface area contributed by atoms with E-state index in [-0.39, 0.29) is 17.9 Å². The molecule has 4 heteroatoms. The molecule has 1 aromatic carbocycles. The number of nitrogens with zero attached hydrogens (tertiary/aromatic N) is 1. The van der Waals surface area contributed by atoms with Crippen molar-refractivity contribution in [2.75, 3.05) is 6.61 Å². The number of carbonyl (C=O) groups is 1. The average molecular weight is 424 g/mol. The first-order valence-corrected chi connectivity index (χ1v) is 11.7. The first-order chi connectivity index (χ1) is 14.7. The van der Waals surface area contributed by atoms with Gasteiger partial charge in [-0.3, -0.25) is 4.79 Å². The van der Waals surface area contributed by atoms with Crippen LogP contribution in [0, 0.1) is 23.7 Å². The van der Waals surface area contributed by atoms with Gasteiger partial charge in [0.2, 0.25) is 0 Å². The molecule has 2 aliphatic rings. The highest BCUT2D eigenvalue weighted by Gasteiger charge is 2.55. The molecule has 1 N–H and O–H groups in total. The molecule has 31 heavy (non-hydrogen) atoms. The maximum Gasteiger partial charge on any atom is 0.309 e. The van der Waals surface area contributed by atoms with Crippen LogP contribution >= 0.6 is 0 Å². The van der Waals surface area contributed by atoms with Gasteiger partial charge in [-0.25, -0.2) is 0 Å². The number of hydrogen-bond donors (Lipinski definition) is 1. The zero-order chi connectivity index (χ0) is 22.8. The van der Waals surface area contributed by atoms with Gasteiger partial charge in [0.05, 0.1) is 11.1 Å². The molecule has 0 aromatic heterocycles. The van der Waals surface area contributed by atoms with Crippen molar-refractivity contribution in [3.63, 3.8) is 0 Å². The van der Waals surface area contributed by atoms with Crippen molar-refractivity contribution < 1.29 is 14.7 Å². The average Bonchev–Trinajstić information content (AvgIpc) is 2.72. The molecule has 0 heterocycles. The predicted molar refractivity (Wildman–Crippen MR) is 126 cm³/mol. The lowest BCUT2D eigenvalue weighted by molar-refractivity contribution is -0.157. The zero-order valence-electron chi connectivity index (χ0n) is 19.8. The van der Waals surface area contributed by atoms with Crippen LogP contribution in [0.25, 0.3) is 0 Å². The second-order valence-electron chi connectivity index (χ2n) is 10.1. The maximum absolute atomic E-state index is 12.3. The van der Waals surface area contributed by atoms with Gasteiger partial charge in [0, 0.05) is 5.56 Å². The highest BCUT2D eigenvalue weighted by molar-refractivity contribution is 6.02. The van der Waals surface area contributed by atoms with Crippen molar-refractivity contribution in [3.05, 3.63) is 34.4 Å². The summed E-state index contributed by atoms with van der Waals surface area (Å²) in [6, 6.07) is 4.67. The predicted octanol–water partition coefficient (Wildman–Crippen LogP) is 6.06. The Balaban J connectivity index is 2.17. The monoisotopic (exact) mass is 423 g/mol. The minimum atomic E-state index is -0.669. The van der Waals surface area contributed by atoms with E-state index in [4.69, 9.17) is 11.3 Å². The van der Waals surface area contributed by atoms with Crippen molar-refractivity contribution in [2.24, 2.45) is 16.5 Å². The molecule has 168 valence electrons. The lowest BCUT2D eigenvalue weighted by Gasteiger charge is -2.53. The molecule has 0 radical (unpaired) electrons. The number of benzene rings is 1. The van der Waals surface area contributed by atoms with Crippen molar-refractivity contribution in [1.82, 2.24) is 0 Å². The fourth-order valence-electron chi connectivity index (χ4n) is 6.13. The van der Waals surface area contributed by atoms with Crippen LogP contribution in [0.2, 0.25) is 0 Å². The molecular formula is C27H37NO3. The molecule has 0 bridgehead atoms. The second kappa shape index (κ2) is 9.07. The molecule has 1 aromatic rings. The Bertz CT molecular complexity index is 910. The summed E-state index contributed by atoms with van der Waals surface area (Å²) in [5.74, 6) is 2.33. The maximum atomic E-state index is 12.3. The fourth-order valence-corrected chi connectivity index (χ4v) is 6.13. The van der Waals surface area contributed by atoms with Gasteiger partial charge in [-0.2, -0.15) is 0 Å². The number of oxime groups is 1. The highest BCUT2D eigenvalue weighted by atomic mass is 16.6. The van der Waals surface area contributed by atoms with Gasteiger partial charge in [0.25, 0.3) is 0 Å². The Hall–Kier alpha value is -2.28. The molecule has 0 aliphatic heterocycles. The lowest BCUT2D eigenvalue weighted by Crippen LogP contribution is -2.52. The Morgan fingerprint density at radius 2 is 2.10 bits per heavy atom. The number of carboxylic acid groups (broad SMARTS) is 1. The van der Waals surface area contributed by atoms with Crippen LogP contribution in [-0.2, 0) is 21.5 Å². The van der Waals surface area contributed by atoms with Crippen molar-refractivity contribution in [2.45, 2.75) is 90.9 Å². The van der Waals surface area contributed by atoms with Gasteiger partial charge in [-0.1, -0.05) is 57.7 Å². The van der Waals surface area contributed by atoms with Gasteiger partial charge < -0.3 is 9.94 Å². The molecule has 3 atom stereocenters. The van der Waals surface area contributed by atoms with E-state index >= 15 is 0 Å². The van der Waals surface area contributed by atoms with Gasteiger partial charge >= 0.3 is 5.97 Å². The van der Waals surface area contributed by atoms with Crippen LogP contribution in [0.15, 0.2) is 17.3 Å². The standard InChI is InChI=1S/C27H37NO3/c1-7-10-23(28-31-15-8-2)21-17-22-19(16-20(21)18(3)4)11-12-24-26(22,5)13-9-14-27(24,6)25(29)30/h2,16-18,24H,7,9-15H2,1,3-6H3,(H,29,30)/t24-,26-,27-/m1/s1. The quantitative estimate of drug-likeness (QED) is 0.251. The highest BCUT2D eigenvalue weighted by Crippen LogP contribution is 2.57. The van der Waals surface area contributed by atoms with Crippen LogP contribution in [-0.4, -0.2) is 23.4 Å². The molecule has 2 aliphatic carbocycles. The molecule has 3 rings (SSSR count). The third kappa shape index (κ3) is 4.12. The van der Waals surface area contributed by atoms with E-state index in [1.807, 2.05) is 6.92 Å². The number of fused-ring (bicyclic) bond motifs is 3. The van der Waals surface area contributed by atoms with E-state index in [2.05, 4.69) is 50.9 Å². The minimum Gasteiger partial charge on any atom is -0.481 e. The van der Waals surface area contributed by atoms with E-state index in [1.165, 1.54) is 16.7 Å². The first-order valence-electron chi connectivity index (χ1n) is 11.7. The topological polar surface area (TPSA) is 58.9 Å². The van der Waals surface area contributed by atoms with Gasteiger partial charge in [0.1, 0.15) is 0 Å². The van der Waals surface area contributed by atoms with Crippen LogP contribution < -0.4 is 0 Å². The molecule has 4 nitrogen and oxygen atoms in total. The van der Waals surface area contributed by atoms with Crippen LogP contribution in [0.5, 0.6) is 0 Å². The molecule has 0 amide bonds. The van der Waals surface area contributed by atoms with E-state index in [9.17, 15) is 9.90 Å². The number of hydrogen-bond acceptors (Lipinski definition) is 3.